The van der Waals surface area contributed by atoms with Crippen molar-refractivity contribution in [3.05, 3.63) is 77.5 Å². The first-order valence-electron chi connectivity index (χ1n) is 12.9. The number of carbonyl (C=O) groups excluding carboxylic acids is 2. The number of likely N-dealkylation sites (N-methyl/N-ethyl adjacent to an activating group) is 1. The Morgan fingerprint density at radius 2 is 1.79 bits per heavy atom. The van der Waals surface area contributed by atoms with Gasteiger partial charge in [0.15, 0.2) is 22.1 Å². The highest BCUT2D eigenvalue weighted by Crippen LogP contribution is 2.29. The molecule has 2 aromatic heterocycles. The van der Waals surface area contributed by atoms with Crippen LogP contribution in [-0.2, 0) is 19.4 Å². The van der Waals surface area contributed by atoms with E-state index in [1.165, 1.54) is 4.90 Å². The molecule has 1 aliphatic rings. The molecule has 1 saturated heterocycles. The number of aryl methyl sites for hydroxylation is 2. The fourth-order valence-corrected chi connectivity index (χ4v) is 6.75. The van der Waals surface area contributed by atoms with E-state index in [9.17, 15) is 18.0 Å². The minimum absolute atomic E-state index is 0.0583. The lowest BCUT2D eigenvalue weighted by Crippen LogP contribution is -2.43. The number of benzene rings is 2. The Morgan fingerprint density at radius 1 is 1.08 bits per heavy atom. The van der Waals surface area contributed by atoms with Crippen LogP contribution in [0, 0.1) is 13.8 Å². The van der Waals surface area contributed by atoms with Gasteiger partial charge in [-0.2, -0.15) is 5.10 Å². The van der Waals surface area contributed by atoms with Crippen LogP contribution < -0.4 is 0 Å². The van der Waals surface area contributed by atoms with Gasteiger partial charge >= 0.3 is 5.97 Å². The predicted octanol–water partition coefficient (Wildman–Crippen LogP) is 3.90. The SMILES string of the molecule is CCN(C(=O)COC(=O)c1cc(-c2ccccc2)nc2c1c(C)nn2-c1ccc(C)cc1)[C@@H]1CCS(=O)(=O)C1. The van der Waals surface area contributed by atoms with Crippen LogP contribution in [-0.4, -0.2) is 70.7 Å². The molecule has 4 aromatic rings. The number of sulfone groups is 1. The molecule has 2 aromatic carbocycles. The molecule has 1 amide bonds. The third kappa shape index (κ3) is 5.42. The van der Waals surface area contributed by atoms with E-state index >= 15 is 0 Å². The number of pyridine rings is 1. The number of esters is 1. The van der Waals surface area contributed by atoms with E-state index in [0.717, 1.165) is 16.8 Å². The van der Waals surface area contributed by atoms with Gasteiger partial charge in [0.2, 0.25) is 0 Å². The molecule has 0 bridgehead atoms. The third-order valence-corrected chi connectivity index (χ3v) is 8.77. The number of hydrogen-bond acceptors (Lipinski definition) is 7. The summed E-state index contributed by atoms with van der Waals surface area (Å²) < 4.78 is 31.1. The molecule has 0 aliphatic carbocycles. The second kappa shape index (κ2) is 10.6. The monoisotopic (exact) mass is 546 g/mol. The Kier molecular flexibility index (Phi) is 7.22. The molecular formula is C29H30N4O5S. The number of aromatic nitrogens is 3. The molecule has 9 nitrogen and oxygen atoms in total. The summed E-state index contributed by atoms with van der Waals surface area (Å²) >= 11 is 0. The molecule has 1 fully saturated rings. The van der Waals surface area contributed by atoms with Gasteiger partial charge in [-0.15, -0.1) is 0 Å². The highest BCUT2D eigenvalue weighted by Gasteiger charge is 2.34. The van der Waals surface area contributed by atoms with Gasteiger partial charge in [0.1, 0.15) is 0 Å². The van der Waals surface area contributed by atoms with Crippen LogP contribution in [0.15, 0.2) is 60.7 Å². The highest BCUT2D eigenvalue weighted by atomic mass is 32.2. The first kappa shape index (κ1) is 26.6. The number of ether oxygens (including phenoxy) is 1. The molecule has 202 valence electrons. The zero-order valence-corrected chi connectivity index (χ0v) is 22.9. The van der Waals surface area contributed by atoms with Crippen LogP contribution in [0.5, 0.6) is 0 Å². The van der Waals surface area contributed by atoms with Gasteiger partial charge in [-0.1, -0.05) is 48.0 Å². The van der Waals surface area contributed by atoms with Crippen molar-refractivity contribution >= 4 is 32.7 Å². The number of amides is 1. The molecule has 0 radical (unpaired) electrons. The maximum absolute atomic E-state index is 13.5. The van der Waals surface area contributed by atoms with Crippen molar-refractivity contribution in [2.75, 3.05) is 24.7 Å². The van der Waals surface area contributed by atoms with E-state index in [0.29, 0.717) is 35.4 Å². The molecule has 0 unspecified atom stereocenters. The lowest BCUT2D eigenvalue weighted by Gasteiger charge is -2.26. The van der Waals surface area contributed by atoms with Crippen molar-refractivity contribution in [3.63, 3.8) is 0 Å². The molecule has 0 spiro atoms. The number of hydrogen-bond donors (Lipinski definition) is 0. The zero-order valence-electron chi connectivity index (χ0n) is 22.1. The molecular weight excluding hydrogens is 516 g/mol. The summed E-state index contributed by atoms with van der Waals surface area (Å²) in [6.07, 6.45) is 0.388. The Hall–Kier alpha value is -4.05. The Labute approximate surface area is 227 Å². The lowest BCUT2D eigenvalue weighted by molar-refractivity contribution is -0.136. The third-order valence-electron chi connectivity index (χ3n) is 7.02. The van der Waals surface area contributed by atoms with E-state index in [1.807, 2.05) is 61.5 Å². The van der Waals surface area contributed by atoms with Crippen LogP contribution >= 0.6 is 0 Å². The van der Waals surface area contributed by atoms with E-state index in [4.69, 9.17) is 9.72 Å². The van der Waals surface area contributed by atoms with Gasteiger partial charge in [-0.25, -0.2) is 22.9 Å². The van der Waals surface area contributed by atoms with E-state index in [1.54, 1.807) is 24.6 Å². The van der Waals surface area contributed by atoms with Crippen molar-refractivity contribution in [2.45, 2.75) is 33.2 Å². The highest BCUT2D eigenvalue weighted by molar-refractivity contribution is 7.91. The smallest absolute Gasteiger partial charge is 0.339 e. The van der Waals surface area contributed by atoms with Crippen LogP contribution in [0.25, 0.3) is 28.0 Å². The van der Waals surface area contributed by atoms with Crippen molar-refractivity contribution in [1.29, 1.82) is 0 Å². The summed E-state index contributed by atoms with van der Waals surface area (Å²) in [6, 6.07) is 18.6. The van der Waals surface area contributed by atoms with Crippen LogP contribution in [0.4, 0.5) is 0 Å². The van der Waals surface area contributed by atoms with E-state index in [-0.39, 0.29) is 17.1 Å². The molecule has 0 N–H and O–H groups in total. The topological polar surface area (TPSA) is 111 Å². The van der Waals surface area contributed by atoms with Gasteiger partial charge in [0.25, 0.3) is 5.91 Å². The van der Waals surface area contributed by atoms with Gasteiger partial charge in [0, 0.05) is 18.2 Å². The summed E-state index contributed by atoms with van der Waals surface area (Å²) in [7, 11) is -3.16. The second-order valence-corrected chi connectivity index (χ2v) is 12.0. The fraction of sp³-hybridized carbons (Fsp3) is 0.310. The molecule has 3 heterocycles. The van der Waals surface area contributed by atoms with E-state index in [2.05, 4.69) is 5.10 Å². The molecule has 39 heavy (non-hydrogen) atoms. The zero-order chi connectivity index (χ0) is 27.7. The lowest BCUT2D eigenvalue weighted by atomic mass is 10.1. The molecule has 5 rings (SSSR count). The van der Waals surface area contributed by atoms with Crippen LogP contribution in [0.2, 0.25) is 0 Å². The van der Waals surface area contributed by atoms with Crippen LogP contribution in [0.3, 0.4) is 0 Å². The summed E-state index contributed by atoms with van der Waals surface area (Å²) in [5, 5.41) is 5.23. The fourth-order valence-electron chi connectivity index (χ4n) is 5.02. The quantitative estimate of drug-likeness (QED) is 0.323. The number of fused-ring (bicyclic) bond motifs is 1. The molecule has 0 saturated carbocycles. The number of carbonyl (C=O) groups is 2. The van der Waals surface area contributed by atoms with Crippen LogP contribution in [0.1, 0.15) is 35.0 Å². The average molecular weight is 547 g/mol. The first-order valence-corrected chi connectivity index (χ1v) is 14.7. The van der Waals surface area contributed by atoms with Crippen molar-refractivity contribution in [3.8, 4) is 16.9 Å². The maximum Gasteiger partial charge on any atom is 0.339 e. The molecule has 1 aliphatic heterocycles. The maximum atomic E-state index is 13.5. The Bertz CT molecular complexity index is 1650. The average Bonchev–Trinajstić information content (AvgIpc) is 3.46. The summed E-state index contributed by atoms with van der Waals surface area (Å²) in [5.41, 5.74) is 4.66. The van der Waals surface area contributed by atoms with Gasteiger partial charge in [-0.3, -0.25) is 4.79 Å². The minimum Gasteiger partial charge on any atom is -0.452 e. The number of nitrogens with zero attached hydrogens (tertiary/aromatic N) is 4. The molecule has 1 atom stereocenters. The van der Waals surface area contributed by atoms with Gasteiger partial charge in [-0.05, 0) is 45.4 Å². The van der Waals surface area contributed by atoms with E-state index < -0.39 is 34.4 Å². The summed E-state index contributed by atoms with van der Waals surface area (Å²) in [4.78, 5) is 32.8. The second-order valence-electron chi connectivity index (χ2n) is 9.77. The van der Waals surface area contributed by atoms with Crippen molar-refractivity contribution < 1.29 is 22.7 Å². The van der Waals surface area contributed by atoms with Crippen molar-refractivity contribution in [2.24, 2.45) is 0 Å². The Morgan fingerprint density at radius 3 is 2.44 bits per heavy atom. The molecule has 10 heteroatoms. The Balaban J connectivity index is 1.50. The minimum atomic E-state index is -3.16. The predicted molar refractivity (Wildman–Crippen MR) is 149 cm³/mol. The first-order chi connectivity index (χ1) is 18.7. The van der Waals surface area contributed by atoms with Gasteiger partial charge in [0.05, 0.1) is 39.5 Å². The summed E-state index contributed by atoms with van der Waals surface area (Å²) in [5.74, 6) is -1.10. The summed E-state index contributed by atoms with van der Waals surface area (Å²) in [6.45, 7) is 5.43. The van der Waals surface area contributed by atoms with Gasteiger partial charge < -0.3 is 9.64 Å². The number of rotatable bonds is 7. The van der Waals surface area contributed by atoms with Crippen molar-refractivity contribution in [1.82, 2.24) is 19.7 Å². The standard InChI is InChI=1S/C29H30N4O5S/c1-4-32(23-14-15-39(36,37)18-23)26(34)17-38-29(35)24-16-25(21-8-6-5-7-9-21)30-28-27(24)20(3)31-33(28)22-12-10-19(2)11-13-22/h5-13,16,23H,4,14-15,17-18H2,1-3H3/t23-/m1/s1. The normalized spacial score (nSPS) is 16.3. The largest absolute Gasteiger partial charge is 0.452 e.